The lowest BCUT2D eigenvalue weighted by Crippen LogP contribution is -2.31. The van der Waals surface area contributed by atoms with Gasteiger partial charge in [0.1, 0.15) is 6.10 Å². The zero-order valence-corrected chi connectivity index (χ0v) is 10.0. The molecule has 1 aliphatic rings. The van der Waals surface area contributed by atoms with Crippen molar-refractivity contribution >= 4 is 5.97 Å². The highest BCUT2D eigenvalue weighted by atomic mass is 16.5. The second-order valence-corrected chi connectivity index (χ2v) is 4.48. The number of hydrogen-bond acceptors (Lipinski definition) is 3. The molecule has 3 heteroatoms. The predicted molar refractivity (Wildman–Crippen MR) is 62.9 cm³/mol. The maximum Gasteiger partial charge on any atom is 0.330 e. The van der Waals surface area contributed by atoms with Crippen LogP contribution < -0.4 is 0 Å². The summed E-state index contributed by atoms with van der Waals surface area (Å²) in [6.45, 7) is 5.51. The van der Waals surface area contributed by atoms with E-state index in [0.29, 0.717) is 0 Å². The normalized spacial score (nSPS) is 26.4. The molecule has 0 saturated heterocycles. The fourth-order valence-corrected chi connectivity index (χ4v) is 2.37. The Morgan fingerprint density at radius 3 is 2.88 bits per heavy atom. The highest BCUT2D eigenvalue weighted by Gasteiger charge is 2.34. The molecular weight excluding hydrogens is 204 g/mol. The third-order valence-corrected chi connectivity index (χ3v) is 3.29. The third-order valence-electron chi connectivity index (χ3n) is 3.29. The smallest absolute Gasteiger partial charge is 0.330 e. The molecule has 0 bridgehead atoms. The number of esters is 1. The number of hydrogen-bond donors (Lipinski definition) is 1. The van der Waals surface area contributed by atoms with Crippen LogP contribution in [0.2, 0.25) is 0 Å². The van der Waals surface area contributed by atoms with E-state index < -0.39 is 0 Å². The van der Waals surface area contributed by atoms with E-state index in [9.17, 15) is 9.90 Å². The van der Waals surface area contributed by atoms with Crippen LogP contribution >= 0.6 is 0 Å². The van der Waals surface area contributed by atoms with Gasteiger partial charge in [0.05, 0.1) is 6.10 Å². The van der Waals surface area contributed by atoms with Gasteiger partial charge >= 0.3 is 5.97 Å². The van der Waals surface area contributed by atoms with Gasteiger partial charge in [0, 0.05) is 12.0 Å². The molecule has 3 atom stereocenters. The summed E-state index contributed by atoms with van der Waals surface area (Å²) < 4.78 is 5.34. The Hall–Kier alpha value is -0.830. The highest BCUT2D eigenvalue weighted by Crippen LogP contribution is 2.32. The van der Waals surface area contributed by atoms with E-state index in [1.165, 1.54) is 6.08 Å². The number of carbonyl (C=O) groups is 1. The van der Waals surface area contributed by atoms with Gasteiger partial charge in [-0.05, 0) is 19.3 Å². The predicted octanol–water partition coefficient (Wildman–Crippen LogP) is 2.44. The number of ether oxygens (including phenoxy) is 1. The Labute approximate surface area is 97.5 Å². The molecule has 0 aromatic carbocycles. The minimum atomic E-state index is -0.375. The number of carbonyl (C=O) groups excluding carboxylic acids is 1. The van der Waals surface area contributed by atoms with Crippen molar-refractivity contribution in [1.29, 1.82) is 0 Å². The standard InChI is InChI=1S/C13H22O3/c1-3-5-9-12(16-13(15)4-2)10-7-6-8-11(10)14/h4,10-12,14H,2-3,5-9H2,1H3. The molecule has 0 radical (unpaired) electrons. The average Bonchev–Trinajstić information content (AvgIpc) is 2.70. The molecule has 3 unspecified atom stereocenters. The summed E-state index contributed by atoms with van der Waals surface area (Å²) >= 11 is 0. The topological polar surface area (TPSA) is 46.5 Å². The SMILES string of the molecule is C=CC(=O)OC(CCCC)C1CCCC1O. The lowest BCUT2D eigenvalue weighted by Gasteiger charge is -2.25. The number of rotatable bonds is 6. The molecule has 92 valence electrons. The first-order valence-corrected chi connectivity index (χ1v) is 6.20. The molecule has 1 rings (SSSR count). The highest BCUT2D eigenvalue weighted by molar-refractivity contribution is 5.81. The summed E-state index contributed by atoms with van der Waals surface area (Å²) in [5.41, 5.74) is 0. The minimum absolute atomic E-state index is 0.121. The third kappa shape index (κ3) is 3.63. The van der Waals surface area contributed by atoms with Crippen LogP contribution in [0.15, 0.2) is 12.7 Å². The van der Waals surface area contributed by atoms with Gasteiger partial charge < -0.3 is 9.84 Å². The molecular formula is C13H22O3. The zero-order valence-electron chi connectivity index (χ0n) is 10.0. The van der Waals surface area contributed by atoms with Crippen LogP contribution in [0.25, 0.3) is 0 Å². The van der Waals surface area contributed by atoms with Gasteiger partial charge in [0.25, 0.3) is 0 Å². The summed E-state index contributed by atoms with van der Waals surface area (Å²) in [7, 11) is 0. The van der Waals surface area contributed by atoms with Gasteiger partial charge in [-0.1, -0.05) is 32.8 Å². The molecule has 0 spiro atoms. The second kappa shape index (κ2) is 6.69. The van der Waals surface area contributed by atoms with Crippen molar-refractivity contribution < 1.29 is 14.6 Å². The van der Waals surface area contributed by atoms with Gasteiger partial charge in [-0.15, -0.1) is 0 Å². The molecule has 0 aromatic rings. The van der Waals surface area contributed by atoms with E-state index in [-0.39, 0.29) is 24.1 Å². The first-order valence-electron chi connectivity index (χ1n) is 6.20. The van der Waals surface area contributed by atoms with Crippen molar-refractivity contribution in [2.75, 3.05) is 0 Å². The van der Waals surface area contributed by atoms with E-state index in [0.717, 1.165) is 38.5 Å². The molecule has 0 amide bonds. The molecule has 16 heavy (non-hydrogen) atoms. The van der Waals surface area contributed by atoms with E-state index in [1.807, 2.05) is 0 Å². The van der Waals surface area contributed by atoms with Gasteiger partial charge in [-0.25, -0.2) is 4.79 Å². The Kier molecular flexibility index (Phi) is 5.53. The molecule has 1 N–H and O–H groups in total. The van der Waals surface area contributed by atoms with Crippen LogP contribution in [0.4, 0.5) is 0 Å². The van der Waals surface area contributed by atoms with Crippen molar-refractivity contribution in [1.82, 2.24) is 0 Å². The molecule has 0 heterocycles. The number of aliphatic hydroxyl groups excluding tert-OH is 1. The maximum absolute atomic E-state index is 11.2. The van der Waals surface area contributed by atoms with Crippen molar-refractivity contribution in [3.8, 4) is 0 Å². The first-order chi connectivity index (χ1) is 7.69. The van der Waals surface area contributed by atoms with Crippen LogP contribution in [-0.4, -0.2) is 23.3 Å². The van der Waals surface area contributed by atoms with Gasteiger partial charge in [-0.2, -0.15) is 0 Å². The van der Waals surface area contributed by atoms with Crippen molar-refractivity contribution in [2.45, 2.75) is 57.7 Å². The van der Waals surface area contributed by atoms with Gasteiger partial charge in [-0.3, -0.25) is 0 Å². The second-order valence-electron chi connectivity index (χ2n) is 4.48. The fraction of sp³-hybridized carbons (Fsp3) is 0.769. The van der Waals surface area contributed by atoms with Crippen LogP contribution in [0, 0.1) is 5.92 Å². The van der Waals surface area contributed by atoms with Gasteiger partial charge in [0.2, 0.25) is 0 Å². The molecule has 1 saturated carbocycles. The van der Waals surface area contributed by atoms with Crippen LogP contribution in [0.1, 0.15) is 45.4 Å². The van der Waals surface area contributed by atoms with E-state index in [4.69, 9.17) is 4.74 Å². The Morgan fingerprint density at radius 2 is 2.38 bits per heavy atom. The Balaban J connectivity index is 2.54. The largest absolute Gasteiger partial charge is 0.459 e. The molecule has 0 aromatic heterocycles. The average molecular weight is 226 g/mol. The van der Waals surface area contributed by atoms with Gasteiger partial charge in [0.15, 0.2) is 0 Å². The fourth-order valence-electron chi connectivity index (χ4n) is 2.37. The summed E-state index contributed by atoms with van der Waals surface area (Å²) in [6.07, 6.45) is 6.52. The Bertz CT molecular complexity index is 237. The summed E-state index contributed by atoms with van der Waals surface area (Å²) in [5.74, 6) is -0.254. The summed E-state index contributed by atoms with van der Waals surface area (Å²) in [4.78, 5) is 11.2. The maximum atomic E-state index is 11.2. The zero-order chi connectivity index (χ0) is 12.0. The molecule has 3 nitrogen and oxygen atoms in total. The lowest BCUT2D eigenvalue weighted by atomic mass is 9.94. The van der Waals surface area contributed by atoms with Crippen molar-refractivity contribution in [2.24, 2.45) is 5.92 Å². The van der Waals surface area contributed by atoms with E-state index >= 15 is 0 Å². The van der Waals surface area contributed by atoms with E-state index in [1.54, 1.807) is 0 Å². The van der Waals surface area contributed by atoms with Crippen LogP contribution in [-0.2, 0) is 9.53 Å². The van der Waals surface area contributed by atoms with Crippen molar-refractivity contribution in [3.63, 3.8) is 0 Å². The summed E-state index contributed by atoms with van der Waals surface area (Å²) in [6, 6.07) is 0. The number of unbranched alkanes of at least 4 members (excludes halogenated alkanes) is 1. The molecule has 1 aliphatic carbocycles. The molecule has 0 aliphatic heterocycles. The monoisotopic (exact) mass is 226 g/mol. The summed E-state index contributed by atoms with van der Waals surface area (Å²) in [5, 5.41) is 9.83. The van der Waals surface area contributed by atoms with Crippen LogP contribution in [0.5, 0.6) is 0 Å². The minimum Gasteiger partial charge on any atom is -0.459 e. The Morgan fingerprint density at radius 1 is 1.62 bits per heavy atom. The quantitative estimate of drug-likeness (QED) is 0.559. The first kappa shape index (κ1) is 13.2. The van der Waals surface area contributed by atoms with Crippen molar-refractivity contribution in [3.05, 3.63) is 12.7 Å². The lowest BCUT2D eigenvalue weighted by molar-refractivity contribution is -0.148. The molecule has 1 fully saturated rings. The van der Waals surface area contributed by atoms with Crippen LogP contribution in [0.3, 0.4) is 0 Å². The van der Waals surface area contributed by atoms with E-state index in [2.05, 4.69) is 13.5 Å². The number of aliphatic hydroxyl groups is 1.